The molecule has 138 valence electrons. The van der Waals surface area contributed by atoms with Crippen molar-refractivity contribution in [2.45, 2.75) is 66.5 Å². The van der Waals surface area contributed by atoms with Crippen LogP contribution in [0.3, 0.4) is 0 Å². The topological polar surface area (TPSA) is 45.2 Å². The highest BCUT2D eigenvalue weighted by Gasteiger charge is 2.22. The fraction of sp³-hybridized carbons (Fsp3) is 0.476. The maximum absolute atomic E-state index is 14.2. The first kappa shape index (κ1) is 21.1. The van der Waals surface area contributed by atoms with Crippen molar-refractivity contribution in [3.05, 3.63) is 47.4 Å². The molecule has 0 amide bonds. The normalized spacial score (nSPS) is 12.0. The van der Waals surface area contributed by atoms with Gasteiger partial charge in [0.1, 0.15) is 17.3 Å². The molecule has 4 heteroatoms. The third-order valence-electron chi connectivity index (χ3n) is 3.88. The van der Waals surface area contributed by atoms with Gasteiger partial charge < -0.3 is 10.4 Å². The first-order valence-corrected chi connectivity index (χ1v) is 8.21. The second-order valence-corrected chi connectivity index (χ2v) is 8.22. The molecule has 2 rings (SSSR count). The van der Waals surface area contributed by atoms with Crippen LogP contribution in [0.1, 0.15) is 60.1 Å². The lowest BCUT2D eigenvalue weighted by Crippen LogP contribution is -2.35. The Morgan fingerprint density at radius 2 is 1.76 bits per heavy atom. The van der Waals surface area contributed by atoms with E-state index in [4.69, 9.17) is 0 Å². The molecule has 0 bridgehead atoms. The van der Waals surface area contributed by atoms with Crippen LogP contribution in [0.15, 0.2) is 30.5 Å². The van der Waals surface area contributed by atoms with Crippen molar-refractivity contribution in [3.8, 4) is 17.0 Å². The monoisotopic (exact) mass is 346 g/mol. The smallest absolute Gasteiger partial charge is 0.149 e. The first-order valence-electron chi connectivity index (χ1n) is 8.21. The molecule has 0 spiro atoms. The average molecular weight is 346 g/mol. The lowest BCUT2D eigenvalue weighted by molar-refractivity contribution is 0.411. The van der Waals surface area contributed by atoms with E-state index >= 15 is 0 Å². The summed E-state index contributed by atoms with van der Waals surface area (Å²) in [7, 11) is 0. The van der Waals surface area contributed by atoms with E-state index in [0.717, 1.165) is 11.1 Å². The Hall–Kier alpha value is -1.94. The van der Waals surface area contributed by atoms with Crippen molar-refractivity contribution >= 4 is 0 Å². The van der Waals surface area contributed by atoms with E-state index in [9.17, 15) is 9.50 Å². The number of aromatic hydroxyl groups is 1. The lowest BCUT2D eigenvalue weighted by Gasteiger charge is -2.25. The van der Waals surface area contributed by atoms with Gasteiger partial charge in [0.05, 0.1) is 0 Å². The molecular weight excluding hydrogens is 315 g/mol. The number of halogens is 1. The van der Waals surface area contributed by atoms with Gasteiger partial charge in [-0.25, -0.2) is 4.39 Å². The van der Waals surface area contributed by atoms with Crippen molar-refractivity contribution in [1.82, 2.24) is 10.3 Å². The van der Waals surface area contributed by atoms with Crippen molar-refractivity contribution in [2.24, 2.45) is 0 Å². The predicted octanol–water partition coefficient (Wildman–Crippen LogP) is 5.42. The maximum Gasteiger partial charge on any atom is 0.149 e. The van der Waals surface area contributed by atoms with Gasteiger partial charge in [0.25, 0.3) is 0 Å². The molecule has 1 aromatic heterocycles. The Bertz CT molecular complexity index is 728. The van der Waals surface area contributed by atoms with Gasteiger partial charge in [-0.15, -0.1) is 0 Å². The molecule has 3 nitrogen and oxygen atoms in total. The molecule has 0 aliphatic rings. The van der Waals surface area contributed by atoms with E-state index in [1.165, 1.54) is 12.3 Å². The highest BCUT2D eigenvalue weighted by atomic mass is 19.1. The fourth-order valence-corrected chi connectivity index (χ4v) is 2.39. The maximum atomic E-state index is 14.2. The minimum Gasteiger partial charge on any atom is -0.507 e. The van der Waals surface area contributed by atoms with Gasteiger partial charge in [-0.3, -0.25) is 4.98 Å². The van der Waals surface area contributed by atoms with E-state index < -0.39 is 5.82 Å². The SMILES string of the molecule is C.CC(C)(C)NCc1cc(C(C)(C)C)cc(-c2ncccc2F)c1O. The number of phenolic OH excluding ortho intramolecular Hbond substituents is 1. The van der Waals surface area contributed by atoms with E-state index in [0.29, 0.717) is 12.1 Å². The summed E-state index contributed by atoms with van der Waals surface area (Å²) < 4.78 is 14.2. The summed E-state index contributed by atoms with van der Waals surface area (Å²) in [5, 5.41) is 14.1. The molecule has 0 aliphatic heterocycles. The van der Waals surface area contributed by atoms with Gasteiger partial charge in [0.15, 0.2) is 0 Å². The lowest BCUT2D eigenvalue weighted by atomic mass is 9.84. The zero-order valence-corrected chi connectivity index (χ0v) is 15.4. The molecule has 1 heterocycles. The van der Waals surface area contributed by atoms with Crippen molar-refractivity contribution in [2.75, 3.05) is 0 Å². The molecule has 0 saturated heterocycles. The number of aromatic nitrogens is 1. The number of pyridine rings is 1. The van der Waals surface area contributed by atoms with Gasteiger partial charge in [-0.1, -0.05) is 34.3 Å². The molecule has 0 fully saturated rings. The minimum atomic E-state index is -0.436. The highest BCUT2D eigenvalue weighted by Crippen LogP contribution is 2.37. The first-order chi connectivity index (χ1) is 11.0. The summed E-state index contributed by atoms with van der Waals surface area (Å²) in [6, 6.07) is 6.73. The number of hydrogen-bond acceptors (Lipinski definition) is 3. The van der Waals surface area contributed by atoms with Crippen LogP contribution in [0.25, 0.3) is 11.3 Å². The van der Waals surface area contributed by atoms with Crippen molar-refractivity contribution < 1.29 is 9.50 Å². The Morgan fingerprint density at radius 3 is 2.28 bits per heavy atom. The van der Waals surface area contributed by atoms with E-state index in [1.807, 2.05) is 12.1 Å². The number of nitrogens with zero attached hydrogens (tertiary/aromatic N) is 1. The Kier molecular flexibility index (Phi) is 6.35. The summed E-state index contributed by atoms with van der Waals surface area (Å²) in [5.41, 5.74) is 2.19. The van der Waals surface area contributed by atoms with Crippen LogP contribution in [0.2, 0.25) is 0 Å². The van der Waals surface area contributed by atoms with Crippen LogP contribution in [0.5, 0.6) is 5.75 Å². The molecule has 0 saturated carbocycles. The van der Waals surface area contributed by atoms with E-state index in [-0.39, 0.29) is 29.8 Å². The third kappa shape index (κ3) is 5.27. The quantitative estimate of drug-likeness (QED) is 0.780. The summed E-state index contributed by atoms with van der Waals surface area (Å²) in [4.78, 5) is 4.13. The number of phenols is 1. The fourth-order valence-electron chi connectivity index (χ4n) is 2.39. The van der Waals surface area contributed by atoms with Crippen LogP contribution >= 0.6 is 0 Å². The number of benzene rings is 1. The molecule has 1 aromatic carbocycles. The van der Waals surface area contributed by atoms with Crippen LogP contribution < -0.4 is 5.32 Å². The van der Waals surface area contributed by atoms with E-state index in [1.54, 1.807) is 6.07 Å². The van der Waals surface area contributed by atoms with Crippen LogP contribution in [-0.4, -0.2) is 15.6 Å². The van der Waals surface area contributed by atoms with Crippen LogP contribution in [0.4, 0.5) is 4.39 Å². The average Bonchev–Trinajstić information content (AvgIpc) is 2.45. The number of nitrogens with one attached hydrogen (secondary N) is 1. The third-order valence-corrected chi connectivity index (χ3v) is 3.88. The molecule has 0 atom stereocenters. The molecule has 2 aromatic rings. The summed E-state index contributed by atoms with van der Waals surface area (Å²) >= 11 is 0. The molecule has 0 unspecified atom stereocenters. The molecule has 0 radical (unpaired) electrons. The molecular formula is C21H31FN2O. The Morgan fingerprint density at radius 1 is 1.12 bits per heavy atom. The highest BCUT2D eigenvalue weighted by molar-refractivity contribution is 5.70. The standard InChI is InChI=1S/C20H27FN2O.CH4/c1-19(2,3)14-10-13(12-23-20(4,5)6)18(24)15(11-14)17-16(21)8-7-9-22-17;/h7-11,23-24H,12H2,1-6H3;1H4. The molecule has 2 N–H and O–H groups in total. The van der Waals surface area contributed by atoms with Gasteiger partial charge >= 0.3 is 0 Å². The summed E-state index contributed by atoms with van der Waals surface area (Å²) in [5.74, 6) is -0.356. The predicted molar refractivity (Wildman–Crippen MR) is 103 cm³/mol. The number of rotatable bonds is 3. The Balaban J connectivity index is 0.00000312. The molecule has 25 heavy (non-hydrogen) atoms. The Labute approximate surface area is 151 Å². The van der Waals surface area contributed by atoms with E-state index in [2.05, 4.69) is 51.8 Å². The second-order valence-electron chi connectivity index (χ2n) is 8.22. The van der Waals surface area contributed by atoms with Crippen LogP contribution in [-0.2, 0) is 12.0 Å². The van der Waals surface area contributed by atoms with Gasteiger partial charge in [-0.05, 0) is 49.9 Å². The zero-order valence-electron chi connectivity index (χ0n) is 15.4. The van der Waals surface area contributed by atoms with Gasteiger partial charge in [-0.2, -0.15) is 0 Å². The van der Waals surface area contributed by atoms with Crippen molar-refractivity contribution in [3.63, 3.8) is 0 Å². The summed E-state index contributed by atoms with van der Waals surface area (Å²) in [6.07, 6.45) is 1.54. The largest absolute Gasteiger partial charge is 0.507 e. The van der Waals surface area contributed by atoms with Crippen LogP contribution in [0, 0.1) is 5.82 Å². The summed E-state index contributed by atoms with van der Waals surface area (Å²) in [6.45, 7) is 13.0. The second kappa shape index (κ2) is 7.52. The van der Waals surface area contributed by atoms with Gasteiger partial charge in [0, 0.05) is 29.4 Å². The van der Waals surface area contributed by atoms with Crippen molar-refractivity contribution in [1.29, 1.82) is 0 Å². The minimum absolute atomic E-state index is 0. The van der Waals surface area contributed by atoms with Gasteiger partial charge in [0.2, 0.25) is 0 Å². The molecule has 0 aliphatic carbocycles. The number of hydrogen-bond donors (Lipinski definition) is 2. The zero-order chi connectivity index (χ0) is 18.1.